The fourth-order valence-electron chi connectivity index (χ4n) is 2.32. The van der Waals surface area contributed by atoms with E-state index in [1.807, 2.05) is 24.3 Å². The summed E-state index contributed by atoms with van der Waals surface area (Å²) in [6.07, 6.45) is 0.886. The van der Waals surface area contributed by atoms with Gasteiger partial charge in [0.1, 0.15) is 0 Å². The van der Waals surface area contributed by atoms with Gasteiger partial charge in [-0.05, 0) is 35.7 Å². The molecule has 1 aliphatic heterocycles. The van der Waals surface area contributed by atoms with Gasteiger partial charge in [0.15, 0.2) is 0 Å². The molecule has 0 aliphatic carbocycles. The molecule has 0 saturated heterocycles. The molecule has 1 N–H and O–H groups in total. The Labute approximate surface area is 121 Å². The Morgan fingerprint density at radius 1 is 1.00 bits per heavy atom. The second-order valence-corrected chi connectivity index (χ2v) is 5.59. The number of para-hydroxylation sites is 1. The number of rotatable bonds is 1. The van der Waals surface area contributed by atoms with Crippen LogP contribution in [0.4, 0.5) is 5.69 Å². The van der Waals surface area contributed by atoms with Crippen LogP contribution in [0.25, 0.3) is 0 Å². The summed E-state index contributed by atoms with van der Waals surface area (Å²) < 4.78 is 0. The molecule has 1 nitrogen and oxygen atoms in total. The third kappa shape index (κ3) is 2.07. The lowest BCUT2D eigenvalue weighted by Crippen LogP contribution is -2.06. The van der Waals surface area contributed by atoms with E-state index in [0.29, 0.717) is 10.0 Å². The van der Waals surface area contributed by atoms with Gasteiger partial charge in [0.25, 0.3) is 0 Å². The van der Waals surface area contributed by atoms with Crippen molar-refractivity contribution in [3.63, 3.8) is 0 Å². The molecule has 18 heavy (non-hydrogen) atoms. The standard InChI is InChI=1S/C14H10Cl3N/c15-9-4-5-10(12(17)7-9)13-6-8-2-1-3-11(16)14(8)18-13/h1-5,7,13,18H,6H2. The number of hydrogen-bond acceptors (Lipinski definition) is 1. The summed E-state index contributed by atoms with van der Waals surface area (Å²) in [5.41, 5.74) is 3.28. The lowest BCUT2D eigenvalue weighted by molar-refractivity contribution is 0.824. The van der Waals surface area contributed by atoms with Gasteiger partial charge in [-0.1, -0.05) is 53.0 Å². The van der Waals surface area contributed by atoms with Crippen LogP contribution in [-0.2, 0) is 6.42 Å². The second-order valence-electron chi connectivity index (χ2n) is 4.34. The quantitative estimate of drug-likeness (QED) is 0.747. The molecular formula is C14H10Cl3N. The monoisotopic (exact) mass is 297 g/mol. The molecule has 1 aliphatic rings. The zero-order chi connectivity index (χ0) is 12.7. The lowest BCUT2D eigenvalue weighted by Gasteiger charge is -2.14. The van der Waals surface area contributed by atoms with Crippen LogP contribution >= 0.6 is 34.8 Å². The molecule has 2 aromatic rings. The van der Waals surface area contributed by atoms with Crippen LogP contribution in [0.2, 0.25) is 15.1 Å². The molecule has 0 saturated carbocycles. The number of anilines is 1. The molecule has 4 heteroatoms. The van der Waals surface area contributed by atoms with Crippen molar-refractivity contribution in [1.82, 2.24) is 0 Å². The Hall–Kier alpha value is -0.890. The summed E-state index contributed by atoms with van der Waals surface area (Å²) in [5, 5.41) is 5.50. The Kier molecular flexibility index (Phi) is 3.14. The smallest absolute Gasteiger partial charge is 0.0640 e. The van der Waals surface area contributed by atoms with Gasteiger partial charge in [0.05, 0.1) is 16.8 Å². The predicted molar refractivity (Wildman–Crippen MR) is 78.0 cm³/mol. The van der Waals surface area contributed by atoms with Crippen LogP contribution in [0.5, 0.6) is 0 Å². The Balaban J connectivity index is 1.96. The van der Waals surface area contributed by atoms with Crippen molar-refractivity contribution in [1.29, 1.82) is 0 Å². The molecular weight excluding hydrogens is 289 g/mol. The first kappa shape index (κ1) is 12.2. The molecule has 0 radical (unpaired) electrons. The number of benzene rings is 2. The number of halogens is 3. The van der Waals surface area contributed by atoms with E-state index in [1.165, 1.54) is 5.56 Å². The maximum absolute atomic E-state index is 6.23. The molecule has 0 fully saturated rings. The largest absolute Gasteiger partial charge is 0.376 e. The van der Waals surface area contributed by atoms with E-state index in [2.05, 4.69) is 11.4 Å². The molecule has 1 unspecified atom stereocenters. The van der Waals surface area contributed by atoms with Gasteiger partial charge in [-0.25, -0.2) is 0 Å². The van der Waals surface area contributed by atoms with E-state index < -0.39 is 0 Å². The number of nitrogens with one attached hydrogen (secondary N) is 1. The van der Waals surface area contributed by atoms with Gasteiger partial charge in [-0.15, -0.1) is 0 Å². The van der Waals surface area contributed by atoms with Crippen molar-refractivity contribution < 1.29 is 0 Å². The number of hydrogen-bond donors (Lipinski definition) is 1. The highest BCUT2D eigenvalue weighted by Gasteiger charge is 2.25. The first-order valence-electron chi connectivity index (χ1n) is 5.64. The maximum atomic E-state index is 6.23. The average molecular weight is 299 g/mol. The van der Waals surface area contributed by atoms with Gasteiger partial charge in [-0.3, -0.25) is 0 Å². The highest BCUT2D eigenvalue weighted by molar-refractivity contribution is 6.35. The molecule has 3 rings (SSSR count). The highest BCUT2D eigenvalue weighted by atomic mass is 35.5. The van der Waals surface area contributed by atoms with Crippen LogP contribution in [-0.4, -0.2) is 0 Å². The minimum atomic E-state index is 0.157. The van der Waals surface area contributed by atoms with E-state index in [9.17, 15) is 0 Å². The fraction of sp³-hybridized carbons (Fsp3) is 0.143. The van der Waals surface area contributed by atoms with E-state index in [4.69, 9.17) is 34.8 Å². The van der Waals surface area contributed by atoms with Gasteiger partial charge < -0.3 is 5.32 Å². The van der Waals surface area contributed by atoms with Crippen LogP contribution in [0.3, 0.4) is 0 Å². The molecule has 92 valence electrons. The van der Waals surface area contributed by atoms with Crippen LogP contribution in [0, 0.1) is 0 Å². The molecule has 1 atom stereocenters. The SMILES string of the molecule is Clc1ccc(C2Cc3cccc(Cl)c3N2)c(Cl)c1. The van der Waals surface area contributed by atoms with E-state index >= 15 is 0 Å². The van der Waals surface area contributed by atoms with Gasteiger partial charge in [0, 0.05) is 10.0 Å². The Morgan fingerprint density at radius 3 is 2.56 bits per heavy atom. The summed E-state index contributed by atoms with van der Waals surface area (Å²) in [4.78, 5) is 0. The maximum Gasteiger partial charge on any atom is 0.0640 e. The molecule has 2 aromatic carbocycles. The number of fused-ring (bicyclic) bond motifs is 1. The third-order valence-corrected chi connectivity index (χ3v) is 4.06. The third-order valence-electron chi connectivity index (χ3n) is 3.18. The van der Waals surface area contributed by atoms with Gasteiger partial charge >= 0.3 is 0 Å². The minimum Gasteiger partial charge on any atom is -0.376 e. The summed E-state index contributed by atoms with van der Waals surface area (Å²) >= 11 is 18.3. The van der Waals surface area contributed by atoms with Crippen LogP contribution in [0.1, 0.15) is 17.2 Å². The molecule has 0 aromatic heterocycles. The Morgan fingerprint density at radius 2 is 1.83 bits per heavy atom. The minimum absolute atomic E-state index is 0.157. The van der Waals surface area contributed by atoms with Gasteiger partial charge in [-0.2, -0.15) is 0 Å². The zero-order valence-corrected chi connectivity index (χ0v) is 11.7. The van der Waals surface area contributed by atoms with Gasteiger partial charge in [0.2, 0.25) is 0 Å². The molecule has 0 bridgehead atoms. The van der Waals surface area contributed by atoms with Crippen LogP contribution < -0.4 is 5.32 Å². The van der Waals surface area contributed by atoms with E-state index in [-0.39, 0.29) is 6.04 Å². The second kappa shape index (κ2) is 4.65. The van der Waals surface area contributed by atoms with Crippen LogP contribution in [0.15, 0.2) is 36.4 Å². The predicted octanol–water partition coefficient (Wildman–Crippen LogP) is 5.36. The summed E-state index contributed by atoms with van der Waals surface area (Å²) in [6.45, 7) is 0. The highest BCUT2D eigenvalue weighted by Crippen LogP contribution is 2.40. The van der Waals surface area contributed by atoms with Crippen molar-refractivity contribution in [2.45, 2.75) is 12.5 Å². The Bertz CT molecular complexity index is 610. The summed E-state index contributed by atoms with van der Waals surface area (Å²) in [5.74, 6) is 0. The van der Waals surface area contributed by atoms with E-state index in [0.717, 1.165) is 22.7 Å². The first-order valence-corrected chi connectivity index (χ1v) is 6.77. The van der Waals surface area contributed by atoms with Crippen molar-refractivity contribution in [2.75, 3.05) is 5.32 Å². The molecule has 0 amide bonds. The zero-order valence-electron chi connectivity index (χ0n) is 9.38. The summed E-state index contributed by atoms with van der Waals surface area (Å²) in [7, 11) is 0. The molecule has 0 spiro atoms. The van der Waals surface area contributed by atoms with Crippen molar-refractivity contribution >= 4 is 40.5 Å². The fourth-order valence-corrected chi connectivity index (χ4v) is 3.11. The van der Waals surface area contributed by atoms with Crippen molar-refractivity contribution in [3.05, 3.63) is 62.6 Å². The normalized spacial score (nSPS) is 17.4. The van der Waals surface area contributed by atoms with E-state index in [1.54, 1.807) is 6.07 Å². The first-order chi connectivity index (χ1) is 8.65. The average Bonchev–Trinajstić information content (AvgIpc) is 2.74. The lowest BCUT2D eigenvalue weighted by atomic mass is 10.0. The molecule has 1 heterocycles. The topological polar surface area (TPSA) is 12.0 Å². The summed E-state index contributed by atoms with van der Waals surface area (Å²) in [6, 6.07) is 11.7. The van der Waals surface area contributed by atoms with Crippen molar-refractivity contribution in [3.8, 4) is 0 Å². The van der Waals surface area contributed by atoms with Crippen molar-refractivity contribution in [2.24, 2.45) is 0 Å².